The zero-order chi connectivity index (χ0) is 14.8. The van der Waals surface area contributed by atoms with Crippen molar-refractivity contribution in [2.75, 3.05) is 13.2 Å². The molecule has 8 heteroatoms. The summed E-state index contributed by atoms with van der Waals surface area (Å²) in [6.45, 7) is 2.06. The fraction of sp³-hybridized carbons (Fsp3) is 0.333. The van der Waals surface area contributed by atoms with Crippen molar-refractivity contribution in [1.82, 2.24) is 21.2 Å². The Morgan fingerprint density at radius 1 is 1.25 bits per heavy atom. The summed E-state index contributed by atoms with van der Waals surface area (Å²) < 4.78 is 4.62. The highest BCUT2D eigenvalue weighted by Gasteiger charge is 2.08. The molecular formula is C12H16N4O4. The topological polar surface area (TPSA) is 109 Å². The first-order chi connectivity index (χ1) is 9.63. The highest BCUT2D eigenvalue weighted by atomic mass is 16.5. The number of carbonyl (C=O) groups is 3. The number of aromatic nitrogens is 1. The predicted molar refractivity (Wildman–Crippen MR) is 69.5 cm³/mol. The lowest BCUT2D eigenvalue weighted by molar-refractivity contribution is -0.121. The van der Waals surface area contributed by atoms with Gasteiger partial charge in [0.25, 0.3) is 5.91 Å². The number of hydrogen-bond acceptors (Lipinski definition) is 5. The SMILES string of the molecule is CCOC(=O)NCCC(=O)NNC(=O)c1ccccn1. The standard InChI is InChI=1S/C12H16N4O4/c1-2-20-12(19)14-8-6-10(17)15-16-11(18)9-5-3-4-7-13-9/h3-5,7H,2,6,8H2,1H3,(H,14,19)(H,15,17)(H,16,18). The minimum atomic E-state index is -0.585. The summed E-state index contributed by atoms with van der Waals surface area (Å²) in [6, 6.07) is 4.85. The molecule has 108 valence electrons. The van der Waals surface area contributed by atoms with Gasteiger partial charge in [-0.1, -0.05) is 6.07 Å². The number of nitrogens with zero attached hydrogens (tertiary/aromatic N) is 1. The monoisotopic (exact) mass is 280 g/mol. The second kappa shape index (κ2) is 8.46. The molecule has 0 aliphatic heterocycles. The molecular weight excluding hydrogens is 264 g/mol. The van der Waals surface area contributed by atoms with E-state index in [0.29, 0.717) is 0 Å². The number of alkyl carbamates (subject to hydrolysis) is 1. The van der Waals surface area contributed by atoms with E-state index in [4.69, 9.17) is 0 Å². The number of rotatable bonds is 5. The average molecular weight is 280 g/mol. The number of hydrogen-bond donors (Lipinski definition) is 3. The molecule has 0 fully saturated rings. The molecule has 0 unspecified atom stereocenters. The van der Waals surface area contributed by atoms with Crippen LogP contribution in [0.1, 0.15) is 23.8 Å². The van der Waals surface area contributed by atoms with Gasteiger partial charge in [0.2, 0.25) is 5.91 Å². The van der Waals surface area contributed by atoms with E-state index in [0.717, 1.165) is 0 Å². The fourth-order valence-electron chi connectivity index (χ4n) is 1.21. The van der Waals surface area contributed by atoms with Crippen LogP contribution in [0.25, 0.3) is 0 Å². The van der Waals surface area contributed by atoms with Gasteiger partial charge in [-0.05, 0) is 19.1 Å². The van der Waals surface area contributed by atoms with Crippen molar-refractivity contribution in [3.63, 3.8) is 0 Å². The fourth-order valence-corrected chi connectivity index (χ4v) is 1.21. The minimum Gasteiger partial charge on any atom is -0.450 e. The third kappa shape index (κ3) is 5.80. The molecule has 8 nitrogen and oxygen atoms in total. The minimum absolute atomic E-state index is 0.0152. The Labute approximate surface area is 115 Å². The molecule has 0 bridgehead atoms. The van der Waals surface area contributed by atoms with E-state index in [1.807, 2.05) is 0 Å². The number of nitrogens with one attached hydrogen (secondary N) is 3. The lowest BCUT2D eigenvalue weighted by Crippen LogP contribution is -2.43. The van der Waals surface area contributed by atoms with E-state index in [1.54, 1.807) is 19.1 Å². The number of hydrazine groups is 1. The van der Waals surface area contributed by atoms with E-state index < -0.39 is 17.9 Å². The number of carbonyl (C=O) groups excluding carboxylic acids is 3. The van der Waals surface area contributed by atoms with Gasteiger partial charge in [0, 0.05) is 19.2 Å². The molecule has 0 atom stereocenters. The molecule has 0 spiro atoms. The third-order valence-electron chi connectivity index (χ3n) is 2.11. The highest BCUT2D eigenvalue weighted by molar-refractivity contribution is 5.93. The molecule has 3 amide bonds. The van der Waals surface area contributed by atoms with Crippen LogP contribution in [-0.4, -0.2) is 36.0 Å². The molecule has 0 aliphatic rings. The quantitative estimate of drug-likeness (QED) is 0.657. The molecule has 1 aromatic heterocycles. The summed E-state index contributed by atoms with van der Waals surface area (Å²) in [5.41, 5.74) is 4.63. The van der Waals surface area contributed by atoms with E-state index in [2.05, 4.69) is 25.9 Å². The van der Waals surface area contributed by atoms with Crippen molar-refractivity contribution in [3.05, 3.63) is 30.1 Å². The first-order valence-corrected chi connectivity index (χ1v) is 6.04. The van der Waals surface area contributed by atoms with Crippen molar-refractivity contribution in [2.45, 2.75) is 13.3 Å². The van der Waals surface area contributed by atoms with Crippen LogP contribution < -0.4 is 16.2 Å². The van der Waals surface area contributed by atoms with Crippen LogP contribution in [0, 0.1) is 0 Å². The zero-order valence-corrected chi connectivity index (χ0v) is 11.0. The molecule has 0 aliphatic carbocycles. The van der Waals surface area contributed by atoms with Gasteiger partial charge >= 0.3 is 6.09 Å². The van der Waals surface area contributed by atoms with Gasteiger partial charge < -0.3 is 10.1 Å². The van der Waals surface area contributed by atoms with E-state index >= 15 is 0 Å². The van der Waals surface area contributed by atoms with Crippen LogP contribution in [0.15, 0.2) is 24.4 Å². The third-order valence-corrected chi connectivity index (χ3v) is 2.11. The van der Waals surface area contributed by atoms with Gasteiger partial charge in [0.15, 0.2) is 0 Å². The largest absolute Gasteiger partial charge is 0.450 e. The molecule has 0 radical (unpaired) electrons. The molecule has 0 saturated carbocycles. The molecule has 1 heterocycles. The van der Waals surface area contributed by atoms with Crippen LogP contribution in [-0.2, 0) is 9.53 Å². The van der Waals surface area contributed by atoms with Crippen molar-refractivity contribution in [1.29, 1.82) is 0 Å². The van der Waals surface area contributed by atoms with Gasteiger partial charge in [0.05, 0.1) is 6.61 Å². The van der Waals surface area contributed by atoms with Crippen LogP contribution in [0.2, 0.25) is 0 Å². The second-order valence-electron chi connectivity index (χ2n) is 3.61. The Morgan fingerprint density at radius 3 is 2.70 bits per heavy atom. The summed E-state index contributed by atoms with van der Waals surface area (Å²) >= 11 is 0. The van der Waals surface area contributed by atoms with Gasteiger partial charge in [-0.25, -0.2) is 4.79 Å². The number of ether oxygens (including phenoxy) is 1. The molecule has 0 aromatic carbocycles. The molecule has 1 aromatic rings. The second-order valence-corrected chi connectivity index (χ2v) is 3.61. The maximum atomic E-state index is 11.5. The summed E-state index contributed by atoms with van der Waals surface area (Å²) in [5.74, 6) is -0.955. The van der Waals surface area contributed by atoms with Gasteiger partial charge in [0.1, 0.15) is 5.69 Å². The maximum Gasteiger partial charge on any atom is 0.407 e. The Hall–Kier alpha value is -2.64. The first-order valence-electron chi connectivity index (χ1n) is 6.04. The van der Waals surface area contributed by atoms with E-state index in [-0.39, 0.29) is 25.3 Å². The summed E-state index contributed by atoms with van der Waals surface area (Å²) in [6.07, 6.45) is 0.902. The van der Waals surface area contributed by atoms with Crippen LogP contribution in [0.5, 0.6) is 0 Å². The van der Waals surface area contributed by atoms with Gasteiger partial charge in [-0.15, -0.1) is 0 Å². The van der Waals surface area contributed by atoms with Crippen molar-refractivity contribution < 1.29 is 19.1 Å². The maximum absolute atomic E-state index is 11.5. The highest BCUT2D eigenvalue weighted by Crippen LogP contribution is 1.91. The summed E-state index contributed by atoms with van der Waals surface area (Å²) in [7, 11) is 0. The van der Waals surface area contributed by atoms with Crippen molar-refractivity contribution in [2.24, 2.45) is 0 Å². The number of amides is 3. The first kappa shape index (κ1) is 15.4. The predicted octanol–water partition coefficient (Wildman–Crippen LogP) is -0.0212. The average Bonchev–Trinajstić information content (AvgIpc) is 2.46. The van der Waals surface area contributed by atoms with Crippen molar-refractivity contribution >= 4 is 17.9 Å². The van der Waals surface area contributed by atoms with Crippen molar-refractivity contribution in [3.8, 4) is 0 Å². The zero-order valence-electron chi connectivity index (χ0n) is 11.0. The normalized spacial score (nSPS) is 9.45. The van der Waals surface area contributed by atoms with Gasteiger partial charge in [-0.3, -0.25) is 25.4 Å². The van der Waals surface area contributed by atoms with Gasteiger partial charge in [-0.2, -0.15) is 0 Å². The lowest BCUT2D eigenvalue weighted by atomic mass is 10.3. The summed E-state index contributed by atoms with van der Waals surface area (Å²) in [4.78, 5) is 37.7. The van der Waals surface area contributed by atoms with E-state index in [9.17, 15) is 14.4 Å². The molecule has 1 rings (SSSR count). The molecule has 20 heavy (non-hydrogen) atoms. The summed E-state index contributed by atoms with van der Waals surface area (Å²) in [5, 5.41) is 2.39. The Bertz CT molecular complexity index is 464. The Balaban J connectivity index is 2.20. The Kier molecular flexibility index (Phi) is 6.52. The smallest absolute Gasteiger partial charge is 0.407 e. The Morgan fingerprint density at radius 2 is 2.05 bits per heavy atom. The van der Waals surface area contributed by atoms with Crippen LogP contribution >= 0.6 is 0 Å². The lowest BCUT2D eigenvalue weighted by Gasteiger charge is -2.07. The van der Waals surface area contributed by atoms with E-state index in [1.165, 1.54) is 12.3 Å². The number of pyridine rings is 1. The molecule has 0 saturated heterocycles. The van der Waals surface area contributed by atoms with Crippen LogP contribution in [0.4, 0.5) is 4.79 Å². The van der Waals surface area contributed by atoms with Crippen LogP contribution in [0.3, 0.4) is 0 Å². The molecule has 3 N–H and O–H groups in total.